The van der Waals surface area contributed by atoms with E-state index < -0.39 is 0 Å². The van der Waals surface area contributed by atoms with Crippen molar-refractivity contribution in [1.82, 2.24) is 9.58 Å². The molecule has 154 valence electrons. The molecule has 1 aromatic heterocycles. The molecule has 0 radical (unpaired) electrons. The lowest BCUT2D eigenvalue weighted by atomic mass is 10.1. The second kappa shape index (κ2) is 8.07. The van der Waals surface area contributed by atoms with E-state index in [1.807, 2.05) is 38.1 Å². The summed E-state index contributed by atoms with van der Waals surface area (Å²) in [5.74, 6) is 0.0238. The van der Waals surface area contributed by atoms with Crippen LogP contribution in [0.1, 0.15) is 43.6 Å². The number of benzene rings is 1. The van der Waals surface area contributed by atoms with Gasteiger partial charge in [-0.1, -0.05) is 32.0 Å². The molecule has 1 amide bonds. The predicted octanol–water partition coefficient (Wildman–Crippen LogP) is 5.15. The fraction of sp³-hybridized carbons (Fsp3) is 0.304. The van der Waals surface area contributed by atoms with E-state index >= 15 is 0 Å². The number of nitrogens with one attached hydrogen (secondary N) is 1. The number of hydrazone groups is 1. The van der Waals surface area contributed by atoms with Gasteiger partial charge in [-0.05, 0) is 68.3 Å². The highest BCUT2D eigenvalue weighted by Gasteiger charge is 2.37. The third-order valence-electron chi connectivity index (χ3n) is 5.59. The number of amidine groups is 2. The molecular formula is C23H25N5OS. The van der Waals surface area contributed by atoms with Crippen LogP contribution in [-0.4, -0.2) is 31.5 Å². The van der Waals surface area contributed by atoms with Crippen molar-refractivity contribution >= 4 is 39.8 Å². The molecule has 0 unspecified atom stereocenters. The molecule has 0 spiro atoms. The molecule has 2 aliphatic rings. The minimum absolute atomic E-state index is 0.0861. The largest absolute Gasteiger partial charge is 0.318 e. The zero-order valence-electron chi connectivity index (χ0n) is 17.6. The number of rotatable bonds is 5. The SMILES string of the molecule is CCC(CC)C1=NN2C(=N)C(=Cc3cc(C)n(-c4ccccc4)c3C)C(=O)N=C2S1. The Balaban J connectivity index is 1.71. The molecule has 2 aromatic rings. The van der Waals surface area contributed by atoms with Crippen molar-refractivity contribution in [2.24, 2.45) is 16.0 Å². The molecule has 0 saturated carbocycles. The van der Waals surface area contributed by atoms with Crippen LogP contribution in [0.15, 0.2) is 52.1 Å². The predicted molar refractivity (Wildman–Crippen MR) is 124 cm³/mol. The summed E-state index contributed by atoms with van der Waals surface area (Å²) in [6.45, 7) is 8.31. The van der Waals surface area contributed by atoms with Crippen LogP contribution in [0.2, 0.25) is 0 Å². The van der Waals surface area contributed by atoms with Gasteiger partial charge in [-0.15, -0.1) is 0 Å². The van der Waals surface area contributed by atoms with Gasteiger partial charge in [0.15, 0.2) is 5.84 Å². The van der Waals surface area contributed by atoms with Gasteiger partial charge in [0.05, 0.1) is 5.57 Å². The number of hydrogen-bond donors (Lipinski definition) is 1. The van der Waals surface area contributed by atoms with Gasteiger partial charge in [0.25, 0.3) is 5.91 Å². The van der Waals surface area contributed by atoms with E-state index in [2.05, 4.69) is 40.6 Å². The minimum atomic E-state index is -0.385. The Bertz CT molecular complexity index is 1110. The Labute approximate surface area is 180 Å². The number of amides is 1. The number of aromatic nitrogens is 1. The van der Waals surface area contributed by atoms with Crippen LogP contribution in [0.4, 0.5) is 0 Å². The average Bonchev–Trinajstić information content (AvgIpc) is 3.27. The van der Waals surface area contributed by atoms with Crippen molar-refractivity contribution in [3.63, 3.8) is 0 Å². The molecule has 0 aliphatic carbocycles. The van der Waals surface area contributed by atoms with E-state index in [1.54, 1.807) is 6.08 Å². The Morgan fingerprint density at radius 2 is 1.87 bits per heavy atom. The van der Waals surface area contributed by atoms with Crippen molar-refractivity contribution in [3.8, 4) is 5.69 Å². The number of hydrogen-bond acceptors (Lipinski definition) is 4. The standard InChI is InChI=1S/C23H25N5OS/c1-5-16(6-2)22-26-28-20(24)19(21(29)25-23(28)30-22)13-17-12-14(3)27(15(17)4)18-10-8-7-9-11-18/h7-13,16,24H,5-6H2,1-4H3. The number of para-hydroxylation sites is 1. The third kappa shape index (κ3) is 3.43. The number of carbonyl (C=O) groups excluding carboxylic acids is 1. The molecule has 0 atom stereocenters. The molecule has 7 heteroatoms. The normalized spacial score (nSPS) is 17.6. The van der Waals surface area contributed by atoms with Crippen molar-refractivity contribution in [1.29, 1.82) is 5.41 Å². The van der Waals surface area contributed by atoms with Gasteiger partial charge >= 0.3 is 0 Å². The monoisotopic (exact) mass is 419 g/mol. The molecule has 0 bridgehead atoms. The number of carbonyl (C=O) groups is 1. The summed E-state index contributed by atoms with van der Waals surface area (Å²) in [5.41, 5.74) is 4.31. The van der Waals surface area contributed by atoms with Gasteiger partial charge in [-0.2, -0.15) is 15.1 Å². The summed E-state index contributed by atoms with van der Waals surface area (Å²) in [6.07, 6.45) is 3.71. The van der Waals surface area contributed by atoms with E-state index in [1.165, 1.54) is 16.8 Å². The number of aliphatic imine (C=N–C) groups is 1. The summed E-state index contributed by atoms with van der Waals surface area (Å²) in [6, 6.07) is 12.1. The Hall–Kier alpha value is -2.93. The summed E-state index contributed by atoms with van der Waals surface area (Å²) in [7, 11) is 0. The first kappa shape index (κ1) is 20.3. The van der Waals surface area contributed by atoms with Crippen LogP contribution in [0.25, 0.3) is 11.8 Å². The average molecular weight is 420 g/mol. The number of fused-ring (bicyclic) bond motifs is 1. The summed E-state index contributed by atoms with van der Waals surface area (Å²) >= 11 is 1.41. The molecule has 4 rings (SSSR count). The maximum atomic E-state index is 12.7. The van der Waals surface area contributed by atoms with E-state index in [4.69, 9.17) is 5.41 Å². The lowest BCUT2D eigenvalue weighted by Crippen LogP contribution is -2.35. The molecule has 1 aromatic carbocycles. The molecule has 0 saturated heterocycles. The quantitative estimate of drug-likeness (QED) is 0.681. The van der Waals surface area contributed by atoms with E-state index in [0.29, 0.717) is 11.1 Å². The highest BCUT2D eigenvalue weighted by Crippen LogP contribution is 2.33. The highest BCUT2D eigenvalue weighted by atomic mass is 32.2. The zero-order valence-corrected chi connectivity index (χ0v) is 18.5. The first-order valence-corrected chi connectivity index (χ1v) is 11.0. The second-order valence-electron chi connectivity index (χ2n) is 7.47. The van der Waals surface area contributed by atoms with E-state index in [0.717, 1.165) is 40.5 Å². The molecule has 1 N–H and O–H groups in total. The van der Waals surface area contributed by atoms with Crippen molar-refractivity contribution < 1.29 is 4.79 Å². The van der Waals surface area contributed by atoms with Crippen LogP contribution < -0.4 is 0 Å². The smallest absolute Gasteiger partial charge is 0.283 e. The summed E-state index contributed by atoms with van der Waals surface area (Å²) in [4.78, 5) is 17.0. The fourth-order valence-electron chi connectivity index (χ4n) is 3.87. The van der Waals surface area contributed by atoms with Crippen LogP contribution >= 0.6 is 11.8 Å². The molecular weight excluding hydrogens is 394 g/mol. The van der Waals surface area contributed by atoms with Crippen molar-refractivity contribution in [3.05, 3.63) is 58.9 Å². The Morgan fingerprint density at radius 3 is 2.53 bits per heavy atom. The van der Waals surface area contributed by atoms with Crippen LogP contribution in [0.5, 0.6) is 0 Å². The number of nitrogens with zero attached hydrogens (tertiary/aromatic N) is 4. The molecule has 3 heterocycles. The molecule has 6 nitrogen and oxygen atoms in total. The second-order valence-corrected chi connectivity index (χ2v) is 8.46. The Kier molecular flexibility index (Phi) is 5.47. The molecule has 0 fully saturated rings. The lowest BCUT2D eigenvalue weighted by Gasteiger charge is -2.20. The molecule has 30 heavy (non-hydrogen) atoms. The highest BCUT2D eigenvalue weighted by molar-refractivity contribution is 8.27. The minimum Gasteiger partial charge on any atom is -0.318 e. The fourth-order valence-corrected chi connectivity index (χ4v) is 5.03. The van der Waals surface area contributed by atoms with Crippen LogP contribution in [-0.2, 0) is 4.79 Å². The van der Waals surface area contributed by atoms with E-state index in [9.17, 15) is 4.79 Å². The van der Waals surface area contributed by atoms with E-state index in [-0.39, 0.29) is 17.3 Å². The van der Waals surface area contributed by atoms with Crippen molar-refractivity contribution in [2.75, 3.05) is 0 Å². The maximum absolute atomic E-state index is 12.7. The van der Waals surface area contributed by atoms with Gasteiger partial charge in [-0.3, -0.25) is 10.2 Å². The maximum Gasteiger partial charge on any atom is 0.283 e. The van der Waals surface area contributed by atoms with Crippen molar-refractivity contribution in [2.45, 2.75) is 40.5 Å². The van der Waals surface area contributed by atoms with Gasteiger partial charge in [0.1, 0.15) is 5.04 Å². The molecule has 2 aliphatic heterocycles. The first-order chi connectivity index (χ1) is 14.4. The van der Waals surface area contributed by atoms with Gasteiger partial charge in [-0.25, -0.2) is 0 Å². The van der Waals surface area contributed by atoms with Gasteiger partial charge in [0.2, 0.25) is 5.17 Å². The first-order valence-electron chi connectivity index (χ1n) is 10.2. The zero-order chi connectivity index (χ0) is 21.4. The van der Waals surface area contributed by atoms with Crippen LogP contribution in [0, 0.1) is 25.2 Å². The number of aryl methyl sites for hydroxylation is 1. The lowest BCUT2D eigenvalue weighted by molar-refractivity contribution is -0.114. The topological polar surface area (TPSA) is 73.8 Å². The number of thioether (sulfide) groups is 1. The van der Waals surface area contributed by atoms with Gasteiger partial charge < -0.3 is 4.57 Å². The Morgan fingerprint density at radius 1 is 1.17 bits per heavy atom. The van der Waals surface area contributed by atoms with Gasteiger partial charge in [0, 0.05) is 23.0 Å². The summed E-state index contributed by atoms with van der Waals surface area (Å²) in [5, 5.41) is 16.2. The third-order valence-corrected chi connectivity index (χ3v) is 6.66. The summed E-state index contributed by atoms with van der Waals surface area (Å²) < 4.78 is 2.15. The van der Waals surface area contributed by atoms with Crippen LogP contribution in [0.3, 0.4) is 0 Å².